The maximum Gasteiger partial charge on any atom is 0.282 e. The first-order chi connectivity index (χ1) is 16.2. The molecule has 0 amide bonds. The summed E-state index contributed by atoms with van der Waals surface area (Å²) in [7, 11) is 1.58. The Balaban J connectivity index is 1.66. The van der Waals surface area contributed by atoms with Crippen molar-refractivity contribution >= 4 is 28.1 Å². The lowest BCUT2D eigenvalue weighted by Gasteiger charge is -2.10. The molecule has 2 heterocycles. The summed E-state index contributed by atoms with van der Waals surface area (Å²) in [5, 5.41) is 5.87. The van der Waals surface area contributed by atoms with Crippen LogP contribution in [0, 0.1) is 0 Å². The predicted molar refractivity (Wildman–Crippen MR) is 128 cm³/mol. The van der Waals surface area contributed by atoms with Crippen molar-refractivity contribution in [1.29, 1.82) is 0 Å². The van der Waals surface area contributed by atoms with Crippen molar-refractivity contribution in [3.05, 3.63) is 88.7 Å². The van der Waals surface area contributed by atoms with E-state index in [1.54, 1.807) is 37.6 Å². The van der Waals surface area contributed by atoms with Crippen LogP contribution in [0.2, 0.25) is 0 Å². The van der Waals surface area contributed by atoms with Crippen LogP contribution in [0.3, 0.4) is 0 Å². The van der Waals surface area contributed by atoms with Crippen molar-refractivity contribution < 1.29 is 13.9 Å². The molecule has 0 unspecified atom stereocenters. The normalized spacial score (nSPS) is 11.5. The zero-order valence-corrected chi connectivity index (χ0v) is 18.2. The molecule has 0 spiro atoms. The Bertz CT molecular complexity index is 1520. The molecule has 0 aliphatic rings. The molecule has 0 aliphatic carbocycles. The Hall–Kier alpha value is -4.39. The molecule has 0 bridgehead atoms. The van der Waals surface area contributed by atoms with Gasteiger partial charge in [0.15, 0.2) is 17.3 Å². The molecule has 2 aromatic heterocycles. The number of hydrogen-bond acceptors (Lipinski definition) is 6. The van der Waals surface area contributed by atoms with Gasteiger partial charge in [-0.3, -0.25) is 4.79 Å². The fourth-order valence-corrected chi connectivity index (χ4v) is 3.65. The molecular weight excluding hydrogens is 418 g/mol. The molecule has 0 N–H and O–H groups in total. The third-order valence-corrected chi connectivity index (χ3v) is 5.21. The van der Waals surface area contributed by atoms with Crippen LogP contribution in [0.4, 0.5) is 0 Å². The van der Waals surface area contributed by atoms with Gasteiger partial charge in [0.05, 0.1) is 30.8 Å². The van der Waals surface area contributed by atoms with Crippen molar-refractivity contribution in [2.75, 3.05) is 13.7 Å². The standard InChI is InChI=1S/C26H21N3O4/c1-3-32-22-13-12-17(14-23(22)31-2)16-27-29-25(24-15-18-8-4-7-11-21(18)33-24)28-20-10-6-5-9-19(20)26(29)30/h4-16H,3H2,1-2H3. The van der Waals surface area contributed by atoms with Crippen LogP contribution < -0.4 is 15.0 Å². The highest BCUT2D eigenvalue weighted by molar-refractivity contribution is 5.85. The summed E-state index contributed by atoms with van der Waals surface area (Å²) in [5.74, 6) is 2.01. The van der Waals surface area contributed by atoms with Gasteiger partial charge in [0.1, 0.15) is 5.58 Å². The Morgan fingerprint density at radius 3 is 2.67 bits per heavy atom. The molecule has 3 aromatic carbocycles. The first kappa shape index (κ1) is 20.5. The Kier molecular flexibility index (Phi) is 5.36. The highest BCUT2D eigenvalue weighted by atomic mass is 16.5. The lowest BCUT2D eigenvalue weighted by molar-refractivity contribution is 0.311. The zero-order chi connectivity index (χ0) is 22.8. The third-order valence-electron chi connectivity index (χ3n) is 5.21. The maximum absolute atomic E-state index is 13.3. The van der Waals surface area contributed by atoms with Crippen molar-refractivity contribution in [3.8, 4) is 23.1 Å². The molecule has 5 rings (SSSR count). The van der Waals surface area contributed by atoms with Gasteiger partial charge < -0.3 is 13.9 Å². The van der Waals surface area contributed by atoms with Gasteiger partial charge in [0, 0.05) is 5.39 Å². The summed E-state index contributed by atoms with van der Waals surface area (Å²) in [4.78, 5) is 18.0. The molecule has 7 heteroatoms. The fraction of sp³-hybridized carbons (Fsp3) is 0.115. The number of fused-ring (bicyclic) bond motifs is 2. The van der Waals surface area contributed by atoms with Gasteiger partial charge >= 0.3 is 0 Å². The van der Waals surface area contributed by atoms with E-state index in [0.717, 1.165) is 10.9 Å². The first-order valence-electron chi connectivity index (χ1n) is 10.5. The lowest BCUT2D eigenvalue weighted by Crippen LogP contribution is -2.20. The Labute approximate surface area is 189 Å². The van der Waals surface area contributed by atoms with Crippen LogP contribution in [-0.4, -0.2) is 29.6 Å². The van der Waals surface area contributed by atoms with Crippen molar-refractivity contribution in [1.82, 2.24) is 9.66 Å². The topological polar surface area (TPSA) is 78.9 Å². The van der Waals surface area contributed by atoms with E-state index < -0.39 is 0 Å². The number of methoxy groups -OCH3 is 1. The molecular formula is C26H21N3O4. The van der Waals surface area contributed by atoms with E-state index in [1.807, 2.05) is 55.5 Å². The average Bonchev–Trinajstić information content (AvgIpc) is 3.28. The maximum atomic E-state index is 13.3. The average molecular weight is 439 g/mol. The molecule has 7 nitrogen and oxygen atoms in total. The number of hydrogen-bond donors (Lipinski definition) is 0. The van der Waals surface area contributed by atoms with E-state index in [-0.39, 0.29) is 5.56 Å². The molecule has 0 radical (unpaired) electrons. The van der Waals surface area contributed by atoms with Gasteiger partial charge in [0.25, 0.3) is 5.56 Å². The van der Waals surface area contributed by atoms with Gasteiger partial charge in [-0.25, -0.2) is 4.98 Å². The molecule has 0 aliphatic heterocycles. The second kappa shape index (κ2) is 8.63. The minimum absolute atomic E-state index is 0.287. The summed E-state index contributed by atoms with van der Waals surface area (Å²) < 4.78 is 18.3. The highest BCUT2D eigenvalue weighted by Crippen LogP contribution is 2.28. The smallest absolute Gasteiger partial charge is 0.282 e. The first-order valence-corrected chi connectivity index (χ1v) is 10.5. The molecule has 0 saturated heterocycles. The third kappa shape index (κ3) is 3.85. The minimum Gasteiger partial charge on any atom is -0.493 e. The van der Waals surface area contributed by atoms with E-state index in [2.05, 4.69) is 5.10 Å². The Morgan fingerprint density at radius 1 is 1.03 bits per heavy atom. The van der Waals surface area contributed by atoms with Crippen molar-refractivity contribution in [3.63, 3.8) is 0 Å². The second-order valence-corrected chi connectivity index (χ2v) is 7.31. The minimum atomic E-state index is -0.287. The fourth-order valence-electron chi connectivity index (χ4n) is 3.65. The summed E-state index contributed by atoms with van der Waals surface area (Å²) in [6, 6.07) is 22.1. The summed E-state index contributed by atoms with van der Waals surface area (Å²) in [6.07, 6.45) is 1.59. The van der Waals surface area contributed by atoms with Crippen LogP contribution >= 0.6 is 0 Å². The van der Waals surface area contributed by atoms with Gasteiger partial charge in [-0.1, -0.05) is 30.3 Å². The van der Waals surface area contributed by atoms with Crippen molar-refractivity contribution in [2.45, 2.75) is 6.92 Å². The number of benzene rings is 3. The SMILES string of the molecule is CCOc1ccc(C=Nn2c(-c3cc4ccccc4o3)nc3ccccc3c2=O)cc1OC. The summed E-state index contributed by atoms with van der Waals surface area (Å²) >= 11 is 0. The second-order valence-electron chi connectivity index (χ2n) is 7.31. The lowest BCUT2D eigenvalue weighted by atomic mass is 10.2. The monoisotopic (exact) mass is 439 g/mol. The van der Waals surface area contributed by atoms with Gasteiger partial charge in [0.2, 0.25) is 5.82 Å². The van der Waals surface area contributed by atoms with E-state index in [1.165, 1.54) is 4.68 Å². The van der Waals surface area contributed by atoms with E-state index in [0.29, 0.717) is 46.2 Å². The van der Waals surface area contributed by atoms with E-state index >= 15 is 0 Å². The molecule has 164 valence electrons. The zero-order valence-electron chi connectivity index (χ0n) is 18.2. The summed E-state index contributed by atoms with van der Waals surface area (Å²) in [6.45, 7) is 2.44. The Morgan fingerprint density at radius 2 is 1.85 bits per heavy atom. The number of rotatable bonds is 6. The van der Waals surface area contributed by atoms with E-state index in [9.17, 15) is 4.79 Å². The largest absolute Gasteiger partial charge is 0.493 e. The number of para-hydroxylation sites is 2. The van der Waals surface area contributed by atoms with Crippen molar-refractivity contribution in [2.24, 2.45) is 5.10 Å². The number of furan rings is 1. The molecule has 0 fully saturated rings. The summed E-state index contributed by atoms with van der Waals surface area (Å²) in [5.41, 5.74) is 1.74. The van der Waals surface area contributed by atoms with Gasteiger partial charge in [-0.2, -0.15) is 9.78 Å². The van der Waals surface area contributed by atoms with Crippen LogP contribution in [0.5, 0.6) is 11.5 Å². The number of aromatic nitrogens is 2. The highest BCUT2D eigenvalue weighted by Gasteiger charge is 2.16. The quantitative estimate of drug-likeness (QED) is 0.344. The van der Waals surface area contributed by atoms with Gasteiger partial charge in [-0.15, -0.1) is 0 Å². The van der Waals surface area contributed by atoms with Gasteiger partial charge in [-0.05, 0) is 55.0 Å². The molecule has 5 aromatic rings. The van der Waals surface area contributed by atoms with Crippen LogP contribution in [0.25, 0.3) is 33.5 Å². The number of nitrogens with zero attached hydrogens (tertiary/aromatic N) is 3. The van der Waals surface area contributed by atoms with Crippen LogP contribution in [0.15, 0.2) is 87.1 Å². The number of ether oxygens (including phenoxy) is 2. The molecule has 0 saturated carbocycles. The molecule has 0 atom stereocenters. The predicted octanol–water partition coefficient (Wildman–Crippen LogP) is 5.10. The molecule has 33 heavy (non-hydrogen) atoms. The van der Waals surface area contributed by atoms with Crippen LogP contribution in [-0.2, 0) is 0 Å². The van der Waals surface area contributed by atoms with Crippen LogP contribution in [0.1, 0.15) is 12.5 Å². The van der Waals surface area contributed by atoms with E-state index in [4.69, 9.17) is 18.9 Å².